The van der Waals surface area contributed by atoms with E-state index in [2.05, 4.69) is 25.6 Å². The number of carbonyl (C=O) groups is 2. The number of nitrogens with zero attached hydrogens (tertiary/aromatic N) is 5. The first-order chi connectivity index (χ1) is 16.4. The molecule has 0 radical (unpaired) electrons. The van der Waals surface area contributed by atoms with Crippen LogP contribution < -0.4 is 20.4 Å². The number of amides is 2. The molecule has 34 heavy (non-hydrogen) atoms. The normalized spacial score (nSPS) is 18.2. The molecule has 176 valence electrons. The maximum atomic E-state index is 12.9. The predicted molar refractivity (Wildman–Crippen MR) is 133 cm³/mol. The molecule has 1 fully saturated rings. The van der Waals surface area contributed by atoms with Gasteiger partial charge < -0.3 is 20.4 Å². The molecule has 1 saturated carbocycles. The quantitative estimate of drug-likeness (QED) is 0.600. The molecule has 2 N–H and O–H groups in total. The molecular weight excluding hydrogens is 430 g/mol. The van der Waals surface area contributed by atoms with Gasteiger partial charge in [0.25, 0.3) is 5.91 Å². The summed E-state index contributed by atoms with van der Waals surface area (Å²) in [5, 5.41) is 10.3. The number of anilines is 5. The van der Waals surface area contributed by atoms with E-state index in [1.807, 2.05) is 32.2 Å². The number of rotatable bonds is 5. The summed E-state index contributed by atoms with van der Waals surface area (Å²) in [4.78, 5) is 34.1. The zero-order valence-corrected chi connectivity index (χ0v) is 19.7. The Morgan fingerprint density at radius 1 is 1.06 bits per heavy atom. The Balaban J connectivity index is 1.40. The summed E-state index contributed by atoms with van der Waals surface area (Å²) >= 11 is 0. The van der Waals surface area contributed by atoms with Gasteiger partial charge >= 0.3 is 0 Å². The summed E-state index contributed by atoms with van der Waals surface area (Å²) in [5.74, 6) is 1.02. The van der Waals surface area contributed by atoms with Crippen LogP contribution in [-0.2, 0) is 11.8 Å². The minimum atomic E-state index is -0.234. The molecule has 3 aromatic rings. The van der Waals surface area contributed by atoms with Crippen molar-refractivity contribution in [2.45, 2.75) is 44.7 Å². The molecule has 0 bridgehead atoms. The monoisotopic (exact) mass is 459 g/mol. The fourth-order valence-electron chi connectivity index (χ4n) is 4.95. The summed E-state index contributed by atoms with van der Waals surface area (Å²) in [6, 6.07) is 11.2. The lowest BCUT2D eigenvalue weighted by atomic mass is 10.0. The van der Waals surface area contributed by atoms with Gasteiger partial charge in [-0.3, -0.25) is 14.3 Å². The highest BCUT2D eigenvalue weighted by molar-refractivity contribution is 6.05. The lowest BCUT2D eigenvalue weighted by molar-refractivity contribution is -0.119. The molecule has 0 spiro atoms. The molecule has 1 unspecified atom stereocenters. The highest BCUT2D eigenvalue weighted by Crippen LogP contribution is 2.41. The van der Waals surface area contributed by atoms with Crippen LogP contribution in [0.5, 0.6) is 0 Å². The molecule has 2 aromatic heterocycles. The maximum absolute atomic E-state index is 12.9. The van der Waals surface area contributed by atoms with Gasteiger partial charge in [-0.15, -0.1) is 0 Å². The average Bonchev–Trinajstić information content (AvgIpc) is 3.50. The second-order valence-corrected chi connectivity index (χ2v) is 9.01. The SMILES string of the molecule is CC1C(=O)N(C)c2cnc(Nc3cccc(C(=O)Nc4ccn(C)n4)c3)cc2N1C1CCCC1. The zero-order valence-electron chi connectivity index (χ0n) is 19.7. The fourth-order valence-corrected chi connectivity index (χ4v) is 4.95. The minimum Gasteiger partial charge on any atom is -0.355 e. The van der Waals surface area contributed by atoms with Crippen LogP contribution in [0.15, 0.2) is 48.8 Å². The van der Waals surface area contributed by atoms with Crippen molar-refractivity contribution >= 4 is 40.5 Å². The Morgan fingerprint density at radius 3 is 2.59 bits per heavy atom. The number of carbonyl (C=O) groups excluding carboxylic acids is 2. The van der Waals surface area contributed by atoms with Gasteiger partial charge in [0, 0.05) is 49.7 Å². The molecule has 0 saturated heterocycles. The van der Waals surface area contributed by atoms with Crippen LogP contribution in [-0.4, -0.2) is 45.7 Å². The highest BCUT2D eigenvalue weighted by Gasteiger charge is 2.38. The van der Waals surface area contributed by atoms with Crippen LogP contribution in [0.2, 0.25) is 0 Å². The molecule has 5 rings (SSSR count). The topological polar surface area (TPSA) is 95.4 Å². The van der Waals surface area contributed by atoms with Gasteiger partial charge in [-0.05, 0) is 38.0 Å². The number of nitrogens with one attached hydrogen (secondary N) is 2. The molecule has 1 aliphatic carbocycles. The van der Waals surface area contributed by atoms with Gasteiger partial charge in [0.15, 0.2) is 5.82 Å². The van der Waals surface area contributed by atoms with E-state index < -0.39 is 0 Å². The van der Waals surface area contributed by atoms with Gasteiger partial charge in [0.1, 0.15) is 11.9 Å². The Labute approximate surface area is 198 Å². The lowest BCUT2D eigenvalue weighted by Crippen LogP contribution is -2.54. The van der Waals surface area contributed by atoms with E-state index in [4.69, 9.17) is 0 Å². The largest absolute Gasteiger partial charge is 0.355 e. The zero-order chi connectivity index (χ0) is 23.8. The van der Waals surface area contributed by atoms with Crippen molar-refractivity contribution in [1.82, 2.24) is 14.8 Å². The van der Waals surface area contributed by atoms with Gasteiger partial charge in [-0.1, -0.05) is 18.9 Å². The third-order valence-corrected chi connectivity index (χ3v) is 6.68. The summed E-state index contributed by atoms with van der Waals surface area (Å²) in [6.07, 6.45) is 8.10. The van der Waals surface area contributed by atoms with Crippen LogP contribution in [0.1, 0.15) is 43.0 Å². The van der Waals surface area contributed by atoms with E-state index >= 15 is 0 Å². The van der Waals surface area contributed by atoms with E-state index in [0.29, 0.717) is 23.2 Å². The molecule has 9 nitrogen and oxygen atoms in total. The smallest absolute Gasteiger partial charge is 0.256 e. The van der Waals surface area contributed by atoms with Crippen LogP contribution in [0.25, 0.3) is 0 Å². The Bertz CT molecular complexity index is 1230. The van der Waals surface area contributed by atoms with Crippen molar-refractivity contribution in [2.75, 3.05) is 27.5 Å². The Kier molecular flexibility index (Phi) is 5.69. The first-order valence-corrected chi connectivity index (χ1v) is 11.6. The van der Waals surface area contributed by atoms with Crippen LogP contribution >= 0.6 is 0 Å². The number of hydrogen-bond acceptors (Lipinski definition) is 6. The van der Waals surface area contributed by atoms with Crippen LogP contribution in [0, 0.1) is 0 Å². The van der Waals surface area contributed by atoms with Crippen LogP contribution in [0.4, 0.5) is 28.7 Å². The number of aryl methyl sites for hydroxylation is 1. The summed E-state index contributed by atoms with van der Waals surface area (Å²) in [7, 11) is 3.61. The first-order valence-electron chi connectivity index (χ1n) is 11.6. The number of fused-ring (bicyclic) bond motifs is 1. The number of pyridine rings is 1. The minimum absolute atomic E-state index is 0.0912. The number of aromatic nitrogens is 3. The van der Waals surface area contributed by atoms with E-state index in [0.717, 1.165) is 29.9 Å². The molecule has 1 aliphatic heterocycles. The summed E-state index contributed by atoms with van der Waals surface area (Å²) in [5.41, 5.74) is 3.11. The van der Waals surface area contributed by atoms with Crippen molar-refractivity contribution in [1.29, 1.82) is 0 Å². The summed E-state index contributed by atoms with van der Waals surface area (Å²) < 4.78 is 1.63. The van der Waals surface area contributed by atoms with Crippen LogP contribution in [0.3, 0.4) is 0 Å². The van der Waals surface area contributed by atoms with Gasteiger partial charge in [-0.25, -0.2) is 4.98 Å². The molecule has 1 atom stereocenters. The van der Waals surface area contributed by atoms with E-state index in [1.54, 1.807) is 47.2 Å². The van der Waals surface area contributed by atoms with Crippen molar-refractivity contribution in [3.8, 4) is 0 Å². The molecular formula is C25H29N7O2. The summed E-state index contributed by atoms with van der Waals surface area (Å²) in [6.45, 7) is 1.98. The molecule has 1 aromatic carbocycles. The van der Waals surface area contributed by atoms with Crippen molar-refractivity contribution in [3.05, 3.63) is 54.4 Å². The highest BCUT2D eigenvalue weighted by atomic mass is 16.2. The van der Waals surface area contributed by atoms with Gasteiger partial charge in [-0.2, -0.15) is 5.10 Å². The van der Waals surface area contributed by atoms with Gasteiger partial charge in [0.2, 0.25) is 5.91 Å². The Morgan fingerprint density at radius 2 is 1.85 bits per heavy atom. The Hall–Kier alpha value is -3.88. The van der Waals surface area contributed by atoms with E-state index in [1.165, 1.54) is 12.8 Å². The number of hydrogen-bond donors (Lipinski definition) is 2. The molecule has 2 aliphatic rings. The second-order valence-electron chi connectivity index (χ2n) is 9.01. The fraction of sp³-hybridized carbons (Fsp3) is 0.360. The standard InChI is InChI=1S/C25H29N7O2/c1-16-25(34)31(3)21-15-26-23(14-20(21)32(16)19-9-4-5-10-19)27-18-8-6-7-17(13-18)24(33)28-22-11-12-30(2)29-22/h6-8,11-16,19H,4-5,9-10H2,1-3H3,(H,26,27)(H,28,29,33). The van der Waals surface area contributed by atoms with E-state index in [-0.39, 0.29) is 17.9 Å². The third-order valence-electron chi connectivity index (χ3n) is 6.68. The number of benzene rings is 1. The van der Waals surface area contributed by atoms with E-state index in [9.17, 15) is 9.59 Å². The molecule has 3 heterocycles. The first kappa shape index (κ1) is 21.9. The maximum Gasteiger partial charge on any atom is 0.256 e. The molecule has 2 amide bonds. The third kappa shape index (κ3) is 4.09. The average molecular weight is 460 g/mol. The van der Waals surface area contributed by atoms with Crippen molar-refractivity contribution < 1.29 is 9.59 Å². The van der Waals surface area contributed by atoms with Gasteiger partial charge in [0.05, 0.1) is 17.6 Å². The number of likely N-dealkylation sites (N-methyl/N-ethyl adjacent to an activating group) is 1. The second kappa shape index (κ2) is 8.81. The van der Waals surface area contributed by atoms with Crippen molar-refractivity contribution in [3.63, 3.8) is 0 Å². The molecule has 9 heteroatoms. The predicted octanol–water partition coefficient (Wildman–Crippen LogP) is 3.92. The lowest BCUT2D eigenvalue weighted by Gasteiger charge is -2.43. The van der Waals surface area contributed by atoms with Crippen molar-refractivity contribution in [2.24, 2.45) is 7.05 Å².